The molecule has 126 valence electrons. The Balaban J connectivity index is 1.64. The zero-order valence-corrected chi connectivity index (χ0v) is 14.4. The van der Waals surface area contributed by atoms with Crippen LogP contribution in [0.4, 0.5) is 10.1 Å². The topological polar surface area (TPSA) is 21.6 Å². The fourth-order valence-corrected chi connectivity index (χ4v) is 2.52. The molecule has 0 aliphatic rings. The first-order chi connectivity index (χ1) is 12.1. The fourth-order valence-electron chi connectivity index (χ4n) is 2.52. The zero-order valence-electron chi connectivity index (χ0n) is 14.4. The standard InChI is InChI=1S/C22H20FNO/c1-16-7-12-22(17(2)13-16)24-14-18-8-10-20(11-9-18)25-15-19-5-3-4-6-21(19)23/h3-14H,15H2,1-2H3. The predicted molar refractivity (Wildman–Crippen MR) is 100 cm³/mol. The third kappa shape index (κ3) is 4.54. The van der Waals surface area contributed by atoms with Crippen LogP contribution in [0.3, 0.4) is 0 Å². The lowest BCUT2D eigenvalue weighted by atomic mass is 10.1. The van der Waals surface area contributed by atoms with Crippen LogP contribution in [0.1, 0.15) is 22.3 Å². The molecule has 0 heterocycles. The van der Waals surface area contributed by atoms with E-state index in [1.807, 2.05) is 36.5 Å². The molecule has 0 fully saturated rings. The number of benzene rings is 3. The Morgan fingerprint density at radius 2 is 1.72 bits per heavy atom. The number of halogens is 1. The van der Waals surface area contributed by atoms with E-state index >= 15 is 0 Å². The minimum Gasteiger partial charge on any atom is -0.489 e. The van der Waals surface area contributed by atoms with Gasteiger partial charge in [-0.3, -0.25) is 4.99 Å². The first-order valence-electron chi connectivity index (χ1n) is 8.19. The van der Waals surface area contributed by atoms with Crippen molar-refractivity contribution in [1.29, 1.82) is 0 Å². The maximum Gasteiger partial charge on any atom is 0.129 e. The van der Waals surface area contributed by atoms with Crippen LogP contribution in [0, 0.1) is 19.7 Å². The lowest BCUT2D eigenvalue weighted by Gasteiger charge is -2.07. The minimum absolute atomic E-state index is 0.211. The molecule has 3 heteroatoms. The summed E-state index contributed by atoms with van der Waals surface area (Å²) in [6, 6.07) is 20.4. The van der Waals surface area contributed by atoms with Crippen molar-refractivity contribution in [3.63, 3.8) is 0 Å². The Morgan fingerprint density at radius 1 is 0.960 bits per heavy atom. The van der Waals surface area contributed by atoms with Crippen LogP contribution in [0.15, 0.2) is 71.7 Å². The Bertz CT molecular complexity index is 885. The SMILES string of the molecule is Cc1ccc(N=Cc2ccc(OCc3ccccc3F)cc2)c(C)c1. The second-order valence-electron chi connectivity index (χ2n) is 6.00. The highest BCUT2D eigenvalue weighted by Crippen LogP contribution is 2.20. The van der Waals surface area contributed by atoms with Crippen LogP contribution in [0.25, 0.3) is 0 Å². The average molecular weight is 333 g/mol. The number of aryl methyl sites for hydroxylation is 2. The summed E-state index contributed by atoms with van der Waals surface area (Å²) in [6.45, 7) is 4.34. The minimum atomic E-state index is -0.250. The third-order valence-electron chi connectivity index (χ3n) is 3.94. The number of hydrogen-bond donors (Lipinski definition) is 0. The highest BCUT2D eigenvalue weighted by atomic mass is 19.1. The number of aliphatic imine (C=N–C) groups is 1. The number of ether oxygens (including phenoxy) is 1. The largest absolute Gasteiger partial charge is 0.489 e. The smallest absolute Gasteiger partial charge is 0.129 e. The van der Waals surface area contributed by atoms with Crippen LogP contribution in [0.5, 0.6) is 5.75 Å². The summed E-state index contributed by atoms with van der Waals surface area (Å²) in [5, 5.41) is 0. The third-order valence-corrected chi connectivity index (χ3v) is 3.94. The predicted octanol–water partition coefficient (Wildman–Crippen LogP) is 5.77. The van der Waals surface area contributed by atoms with E-state index in [-0.39, 0.29) is 12.4 Å². The van der Waals surface area contributed by atoms with E-state index in [1.165, 1.54) is 11.6 Å². The lowest BCUT2D eigenvalue weighted by Crippen LogP contribution is -1.98. The molecule has 0 aliphatic heterocycles. The second-order valence-corrected chi connectivity index (χ2v) is 6.00. The molecule has 0 radical (unpaired) electrons. The molecule has 0 amide bonds. The molecule has 0 aromatic heterocycles. The highest BCUT2D eigenvalue weighted by Gasteiger charge is 2.02. The van der Waals surface area contributed by atoms with Crippen LogP contribution in [0.2, 0.25) is 0 Å². The van der Waals surface area contributed by atoms with E-state index in [0.29, 0.717) is 11.3 Å². The Morgan fingerprint density at radius 3 is 2.44 bits per heavy atom. The zero-order chi connectivity index (χ0) is 17.6. The first kappa shape index (κ1) is 16.9. The molecule has 3 aromatic carbocycles. The van der Waals surface area contributed by atoms with Crippen molar-refractivity contribution in [2.75, 3.05) is 0 Å². The second kappa shape index (κ2) is 7.75. The van der Waals surface area contributed by atoms with Crippen molar-refractivity contribution in [3.05, 3.63) is 94.8 Å². The normalized spacial score (nSPS) is 11.0. The molecule has 3 rings (SSSR count). The highest BCUT2D eigenvalue weighted by molar-refractivity contribution is 5.82. The molecule has 0 saturated heterocycles. The summed E-state index contributed by atoms with van der Waals surface area (Å²) in [5.74, 6) is 0.451. The molecule has 0 bridgehead atoms. The average Bonchev–Trinajstić information content (AvgIpc) is 2.61. The molecule has 0 unspecified atom stereocenters. The molecule has 0 N–H and O–H groups in total. The maximum atomic E-state index is 13.6. The van der Waals surface area contributed by atoms with Crippen molar-refractivity contribution < 1.29 is 9.13 Å². The summed E-state index contributed by atoms with van der Waals surface area (Å²) < 4.78 is 19.2. The fraction of sp³-hybridized carbons (Fsp3) is 0.136. The maximum absolute atomic E-state index is 13.6. The van der Waals surface area contributed by atoms with Gasteiger partial charge in [0.2, 0.25) is 0 Å². The van der Waals surface area contributed by atoms with E-state index in [4.69, 9.17) is 4.74 Å². The summed E-state index contributed by atoms with van der Waals surface area (Å²) in [6.07, 6.45) is 1.83. The van der Waals surface area contributed by atoms with Gasteiger partial charge in [-0.05, 0) is 61.4 Å². The van der Waals surface area contributed by atoms with Crippen molar-refractivity contribution >= 4 is 11.9 Å². The molecule has 0 aliphatic carbocycles. The van der Waals surface area contributed by atoms with Gasteiger partial charge >= 0.3 is 0 Å². The number of nitrogens with zero attached hydrogens (tertiary/aromatic N) is 1. The van der Waals surface area contributed by atoms with Gasteiger partial charge in [-0.25, -0.2) is 4.39 Å². The van der Waals surface area contributed by atoms with E-state index in [1.54, 1.807) is 18.2 Å². The van der Waals surface area contributed by atoms with E-state index in [9.17, 15) is 4.39 Å². The molecule has 0 atom stereocenters. The van der Waals surface area contributed by atoms with Gasteiger partial charge < -0.3 is 4.74 Å². The quantitative estimate of drug-likeness (QED) is 0.543. The van der Waals surface area contributed by atoms with Crippen LogP contribution in [-0.4, -0.2) is 6.21 Å². The van der Waals surface area contributed by atoms with E-state index in [0.717, 1.165) is 16.8 Å². The lowest BCUT2D eigenvalue weighted by molar-refractivity contribution is 0.300. The molecular weight excluding hydrogens is 313 g/mol. The van der Waals surface area contributed by atoms with Crippen LogP contribution < -0.4 is 4.74 Å². The van der Waals surface area contributed by atoms with Gasteiger partial charge in [-0.15, -0.1) is 0 Å². The van der Waals surface area contributed by atoms with Crippen molar-refractivity contribution in [1.82, 2.24) is 0 Å². The summed E-state index contributed by atoms with van der Waals surface area (Å²) >= 11 is 0. The van der Waals surface area contributed by atoms with Gasteiger partial charge in [0.05, 0.1) is 5.69 Å². The first-order valence-corrected chi connectivity index (χ1v) is 8.19. The van der Waals surface area contributed by atoms with Gasteiger partial charge in [0.15, 0.2) is 0 Å². The van der Waals surface area contributed by atoms with Gasteiger partial charge in [-0.2, -0.15) is 0 Å². The van der Waals surface area contributed by atoms with Crippen molar-refractivity contribution in [2.45, 2.75) is 20.5 Å². The molecule has 2 nitrogen and oxygen atoms in total. The van der Waals surface area contributed by atoms with Gasteiger partial charge in [-0.1, -0.05) is 35.9 Å². The molecule has 0 saturated carbocycles. The monoisotopic (exact) mass is 333 g/mol. The summed E-state index contributed by atoms with van der Waals surface area (Å²) in [4.78, 5) is 4.54. The van der Waals surface area contributed by atoms with E-state index in [2.05, 4.69) is 31.0 Å². The van der Waals surface area contributed by atoms with Crippen LogP contribution >= 0.6 is 0 Å². The molecule has 0 spiro atoms. The van der Waals surface area contributed by atoms with Crippen LogP contribution in [-0.2, 0) is 6.61 Å². The summed E-state index contributed by atoms with van der Waals surface area (Å²) in [7, 11) is 0. The summed E-state index contributed by atoms with van der Waals surface area (Å²) in [5.41, 5.74) is 4.88. The Labute approximate surface area is 147 Å². The Kier molecular flexibility index (Phi) is 5.24. The molecular formula is C22H20FNO. The van der Waals surface area contributed by atoms with Gasteiger partial charge in [0.1, 0.15) is 18.2 Å². The van der Waals surface area contributed by atoms with Crippen molar-refractivity contribution in [3.8, 4) is 5.75 Å². The number of rotatable bonds is 5. The van der Waals surface area contributed by atoms with E-state index < -0.39 is 0 Å². The number of hydrogen-bond acceptors (Lipinski definition) is 2. The molecule has 25 heavy (non-hydrogen) atoms. The Hall–Kier alpha value is -2.94. The van der Waals surface area contributed by atoms with Gasteiger partial charge in [0, 0.05) is 11.8 Å². The van der Waals surface area contributed by atoms with Crippen molar-refractivity contribution in [2.24, 2.45) is 4.99 Å². The van der Waals surface area contributed by atoms with Gasteiger partial charge in [0.25, 0.3) is 0 Å². The molecule has 3 aromatic rings.